The predicted octanol–water partition coefficient (Wildman–Crippen LogP) is 1.44. The molecule has 0 aliphatic rings. The Morgan fingerprint density at radius 3 is 2.80 bits per heavy atom. The molecule has 0 saturated heterocycles. The van der Waals surface area contributed by atoms with Crippen LogP contribution in [-0.4, -0.2) is 47.5 Å². The molecule has 2 rings (SSSR count). The number of aryl methyl sites for hydroxylation is 1. The van der Waals surface area contributed by atoms with Crippen LogP contribution >= 0.6 is 0 Å². The molecule has 6 nitrogen and oxygen atoms in total. The first-order valence-electron chi connectivity index (χ1n) is 6.51. The van der Waals surface area contributed by atoms with Crippen LogP contribution in [0.1, 0.15) is 23.1 Å². The van der Waals surface area contributed by atoms with Gasteiger partial charge in [0, 0.05) is 12.1 Å². The summed E-state index contributed by atoms with van der Waals surface area (Å²) >= 11 is 0. The Morgan fingerprint density at radius 1 is 1.50 bits per heavy atom. The van der Waals surface area contributed by atoms with Gasteiger partial charge in [0.25, 0.3) is 0 Å². The molecule has 0 aromatic carbocycles. The summed E-state index contributed by atoms with van der Waals surface area (Å²) < 4.78 is 12.3. The van der Waals surface area contributed by atoms with Gasteiger partial charge in [0.05, 0.1) is 26.1 Å². The van der Waals surface area contributed by atoms with Crippen LogP contribution in [0.25, 0.3) is 0 Å². The maximum atomic E-state index is 10.6. The van der Waals surface area contributed by atoms with Crippen LogP contribution in [0.3, 0.4) is 0 Å². The van der Waals surface area contributed by atoms with Crippen LogP contribution in [0.5, 0.6) is 5.75 Å². The first-order chi connectivity index (χ1) is 9.54. The van der Waals surface area contributed by atoms with Gasteiger partial charge in [-0.15, -0.1) is 0 Å². The summed E-state index contributed by atoms with van der Waals surface area (Å²) in [6.45, 7) is 3.33. The van der Waals surface area contributed by atoms with Crippen molar-refractivity contribution in [2.45, 2.75) is 19.6 Å². The lowest BCUT2D eigenvalue weighted by Crippen LogP contribution is -2.21. The highest BCUT2D eigenvalue weighted by molar-refractivity contribution is 5.35. The number of hydrogen-bond acceptors (Lipinski definition) is 5. The second-order valence-electron chi connectivity index (χ2n) is 4.96. The number of ether oxygens (including phenoxy) is 1. The number of furan rings is 1. The SMILES string of the molecule is COc1cnn(CCN(C)C)c1C(O)c1ccoc1C. The molecule has 0 saturated carbocycles. The minimum Gasteiger partial charge on any atom is -0.493 e. The van der Waals surface area contributed by atoms with Crippen molar-refractivity contribution in [3.8, 4) is 5.75 Å². The summed E-state index contributed by atoms with van der Waals surface area (Å²) in [6.07, 6.45) is 2.39. The van der Waals surface area contributed by atoms with Gasteiger partial charge in [0.15, 0.2) is 5.75 Å². The van der Waals surface area contributed by atoms with Crippen LogP contribution in [0.4, 0.5) is 0 Å². The Morgan fingerprint density at radius 2 is 2.25 bits per heavy atom. The third-order valence-electron chi connectivity index (χ3n) is 3.28. The quantitative estimate of drug-likeness (QED) is 0.866. The van der Waals surface area contributed by atoms with Gasteiger partial charge in [-0.25, -0.2) is 0 Å². The zero-order chi connectivity index (χ0) is 14.7. The summed E-state index contributed by atoms with van der Waals surface area (Å²) in [6, 6.07) is 1.77. The highest BCUT2D eigenvalue weighted by Gasteiger charge is 2.24. The molecule has 0 fully saturated rings. The van der Waals surface area contributed by atoms with Crippen molar-refractivity contribution in [2.24, 2.45) is 0 Å². The van der Waals surface area contributed by atoms with E-state index in [9.17, 15) is 5.11 Å². The van der Waals surface area contributed by atoms with Gasteiger partial charge in [-0.3, -0.25) is 4.68 Å². The van der Waals surface area contributed by atoms with Gasteiger partial charge in [0.2, 0.25) is 0 Å². The fourth-order valence-electron chi connectivity index (χ4n) is 2.11. The molecule has 2 aromatic heterocycles. The minimum absolute atomic E-state index is 0.580. The molecule has 0 bridgehead atoms. The average molecular weight is 279 g/mol. The first kappa shape index (κ1) is 14.6. The minimum atomic E-state index is -0.812. The maximum absolute atomic E-state index is 10.6. The molecule has 20 heavy (non-hydrogen) atoms. The molecule has 0 spiro atoms. The Kier molecular flexibility index (Phi) is 4.46. The molecule has 1 unspecified atom stereocenters. The van der Waals surface area contributed by atoms with E-state index in [0.29, 0.717) is 23.7 Å². The molecule has 6 heteroatoms. The van der Waals surface area contributed by atoms with Crippen molar-refractivity contribution in [2.75, 3.05) is 27.7 Å². The molecule has 0 amide bonds. The van der Waals surface area contributed by atoms with Crippen molar-refractivity contribution in [1.82, 2.24) is 14.7 Å². The molecule has 2 heterocycles. The van der Waals surface area contributed by atoms with Crippen molar-refractivity contribution >= 4 is 0 Å². The molecule has 0 aliphatic heterocycles. The lowest BCUT2D eigenvalue weighted by atomic mass is 10.1. The fourth-order valence-corrected chi connectivity index (χ4v) is 2.11. The Labute approximate surface area is 118 Å². The van der Waals surface area contributed by atoms with E-state index in [-0.39, 0.29) is 0 Å². The van der Waals surface area contributed by atoms with Gasteiger partial charge in [0.1, 0.15) is 17.6 Å². The summed E-state index contributed by atoms with van der Waals surface area (Å²) in [5.74, 6) is 1.27. The predicted molar refractivity (Wildman–Crippen MR) is 74.8 cm³/mol. The van der Waals surface area contributed by atoms with Crippen molar-refractivity contribution in [3.63, 3.8) is 0 Å². The number of hydrogen-bond donors (Lipinski definition) is 1. The number of aliphatic hydroxyl groups is 1. The van der Waals surface area contributed by atoms with E-state index in [1.807, 2.05) is 21.0 Å². The summed E-state index contributed by atoms with van der Waals surface area (Å²) in [5.41, 5.74) is 1.38. The third-order valence-corrected chi connectivity index (χ3v) is 3.28. The first-order valence-corrected chi connectivity index (χ1v) is 6.51. The smallest absolute Gasteiger partial charge is 0.163 e. The topological polar surface area (TPSA) is 63.7 Å². The lowest BCUT2D eigenvalue weighted by Gasteiger charge is -2.16. The summed E-state index contributed by atoms with van der Waals surface area (Å²) in [4.78, 5) is 2.06. The van der Waals surface area contributed by atoms with Gasteiger partial charge in [-0.05, 0) is 27.1 Å². The van der Waals surface area contributed by atoms with E-state index in [4.69, 9.17) is 9.15 Å². The summed E-state index contributed by atoms with van der Waals surface area (Å²) in [7, 11) is 5.57. The normalized spacial score (nSPS) is 12.9. The lowest BCUT2D eigenvalue weighted by molar-refractivity contribution is 0.198. The summed E-state index contributed by atoms with van der Waals surface area (Å²) in [5, 5.41) is 14.9. The van der Waals surface area contributed by atoms with Crippen LogP contribution in [0.15, 0.2) is 22.9 Å². The van der Waals surface area contributed by atoms with Crippen molar-refractivity contribution in [3.05, 3.63) is 35.5 Å². The molecular weight excluding hydrogens is 258 g/mol. The molecular formula is C14H21N3O3. The largest absolute Gasteiger partial charge is 0.493 e. The zero-order valence-electron chi connectivity index (χ0n) is 12.3. The van der Waals surface area contributed by atoms with E-state index in [1.54, 1.807) is 30.3 Å². The fraction of sp³-hybridized carbons (Fsp3) is 0.500. The number of rotatable bonds is 6. The van der Waals surface area contributed by atoms with E-state index in [2.05, 4.69) is 10.00 Å². The number of likely N-dealkylation sites (N-methyl/N-ethyl adjacent to an activating group) is 1. The van der Waals surface area contributed by atoms with Gasteiger partial charge < -0.3 is 19.2 Å². The zero-order valence-corrected chi connectivity index (χ0v) is 12.3. The van der Waals surface area contributed by atoms with Crippen molar-refractivity contribution in [1.29, 1.82) is 0 Å². The van der Waals surface area contributed by atoms with Gasteiger partial charge >= 0.3 is 0 Å². The van der Waals surface area contributed by atoms with Crippen molar-refractivity contribution < 1.29 is 14.3 Å². The highest BCUT2D eigenvalue weighted by Crippen LogP contribution is 2.31. The monoisotopic (exact) mass is 279 g/mol. The third kappa shape index (κ3) is 2.86. The average Bonchev–Trinajstić information content (AvgIpc) is 3.01. The van der Waals surface area contributed by atoms with Crippen LogP contribution in [0.2, 0.25) is 0 Å². The van der Waals surface area contributed by atoms with Gasteiger partial charge in [-0.1, -0.05) is 0 Å². The number of aliphatic hydroxyl groups excluding tert-OH is 1. The molecule has 0 radical (unpaired) electrons. The second-order valence-corrected chi connectivity index (χ2v) is 4.96. The van der Waals surface area contributed by atoms with E-state index in [0.717, 1.165) is 12.1 Å². The molecule has 110 valence electrons. The maximum Gasteiger partial charge on any atom is 0.163 e. The highest BCUT2D eigenvalue weighted by atomic mass is 16.5. The number of aromatic nitrogens is 2. The second kappa shape index (κ2) is 6.11. The number of methoxy groups -OCH3 is 1. The number of nitrogens with zero attached hydrogens (tertiary/aromatic N) is 3. The van der Waals surface area contributed by atoms with E-state index in [1.165, 1.54) is 0 Å². The molecule has 1 N–H and O–H groups in total. The van der Waals surface area contributed by atoms with E-state index >= 15 is 0 Å². The van der Waals surface area contributed by atoms with Crippen LogP contribution in [0, 0.1) is 6.92 Å². The molecule has 2 aromatic rings. The van der Waals surface area contributed by atoms with Crippen LogP contribution < -0.4 is 4.74 Å². The Bertz CT molecular complexity index is 560. The molecule has 0 aliphatic carbocycles. The van der Waals surface area contributed by atoms with Crippen LogP contribution in [-0.2, 0) is 6.54 Å². The van der Waals surface area contributed by atoms with E-state index < -0.39 is 6.10 Å². The Balaban J connectivity index is 2.33. The molecule has 1 atom stereocenters. The standard InChI is InChI=1S/C14H21N3O3/c1-10-11(5-8-20-10)14(18)13-12(19-4)9-15-17(13)7-6-16(2)3/h5,8-9,14,18H,6-7H2,1-4H3. The van der Waals surface area contributed by atoms with Gasteiger partial charge in [-0.2, -0.15) is 5.10 Å². The Hall–Kier alpha value is -1.79.